The molecule has 2 aromatic carbocycles. The summed E-state index contributed by atoms with van der Waals surface area (Å²) in [6.45, 7) is 12.9. The SMILES string of the molecule is CC.CCN(CC)CCCCNc1c2ccccc2nc2ccccc12. The van der Waals surface area contributed by atoms with Crippen LogP contribution >= 0.6 is 0 Å². The molecule has 0 aliphatic rings. The fourth-order valence-electron chi connectivity index (χ4n) is 3.24. The Balaban J connectivity index is 0.00000117. The number of hydrogen-bond acceptors (Lipinski definition) is 3. The molecule has 26 heavy (non-hydrogen) atoms. The summed E-state index contributed by atoms with van der Waals surface area (Å²) in [6, 6.07) is 16.8. The van der Waals surface area contributed by atoms with E-state index < -0.39 is 0 Å². The van der Waals surface area contributed by atoms with Crippen LogP contribution in [0.2, 0.25) is 0 Å². The summed E-state index contributed by atoms with van der Waals surface area (Å²) in [5, 5.41) is 6.10. The minimum absolute atomic E-state index is 0.999. The lowest BCUT2D eigenvalue weighted by atomic mass is 10.1. The van der Waals surface area contributed by atoms with Crippen molar-refractivity contribution in [1.29, 1.82) is 0 Å². The van der Waals surface area contributed by atoms with E-state index in [1.807, 2.05) is 13.8 Å². The molecule has 0 radical (unpaired) electrons. The second-order valence-corrected chi connectivity index (χ2v) is 6.18. The van der Waals surface area contributed by atoms with Crippen molar-refractivity contribution in [3.8, 4) is 0 Å². The topological polar surface area (TPSA) is 28.2 Å². The van der Waals surface area contributed by atoms with Gasteiger partial charge >= 0.3 is 0 Å². The number of aromatic nitrogens is 1. The predicted octanol–water partition coefficient (Wildman–Crippen LogP) is 5.95. The van der Waals surface area contributed by atoms with Gasteiger partial charge in [-0.1, -0.05) is 64.1 Å². The highest BCUT2D eigenvalue weighted by molar-refractivity contribution is 6.07. The van der Waals surface area contributed by atoms with Gasteiger partial charge in [-0.3, -0.25) is 0 Å². The summed E-state index contributed by atoms with van der Waals surface area (Å²) >= 11 is 0. The molecular formula is C23H33N3. The van der Waals surface area contributed by atoms with Gasteiger partial charge in [0.1, 0.15) is 0 Å². The summed E-state index contributed by atoms with van der Waals surface area (Å²) < 4.78 is 0. The van der Waals surface area contributed by atoms with E-state index in [0.29, 0.717) is 0 Å². The van der Waals surface area contributed by atoms with Gasteiger partial charge in [0.2, 0.25) is 0 Å². The fraction of sp³-hybridized carbons (Fsp3) is 0.435. The molecule has 0 fully saturated rings. The highest BCUT2D eigenvalue weighted by atomic mass is 15.1. The van der Waals surface area contributed by atoms with Crippen molar-refractivity contribution in [1.82, 2.24) is 9.88 Å². The van der Waals surface area contributed by atoms with Crippen LogP contribution in [-0.4, -0.2) is 36.1 Å². The zero-order chi connectivity index (χ0) is 18.8. The Morgan fingerprint density at radius 1 is 0.808 bits per heavy atom. The Bertz CT molecular complexity index is 740. The minimum atomic E-state index is 0.999. The summed E-state index contributed by atoms with van der Waals surface area (Å²) in [7, 11) is 0. The molecule has 0 atom stereocenters. The third-order valence-corrected chi connectivity index (χ3v) is 4.69. The Morgan fingerprint density at radius 3 is 1.88 bits per heavy atom. The molecule has 3 nitrogen and oxygen atoms in total. The lowest BCUT2D eigenvalue weighted by Gasteiger charge is -2.18. The second kappa shape index (κ2) is 10.8. The summed E-state index contributed by atoms with van der Waals surface area (Å²) in [6.07, 6.45) is 2.41. The van der Waals surface area contributed by atoms with Gasteiger partial charge in [-0.25, -0.2) is 4.98 Å². The van der Waals surface area contributed by atoms with E-state index in [0.717, 1.165) is 30.7 Å². The number of anilines is 1. The first-order valence-corrected chi connectivity index (χ1v) is 10.1. The molecule has 1 N–H and O–H groups in total. The smallest absolute Gasteiger partial charge is 0.0730 e. The van der Waals surface area contributed by atoms with E-state index in [9.17, 15) is 0 Å². The molecule has 0 aliphatic carbocycles. The molecule has 140 valence electrons. The van der Waals surface area contributed by atoms with Crippen molar-refractivity contribution >= 4 is 27.5 Å². The normalized spacial score (nSPS) is 10.8. The van der Waals surface area contributed by atoms with E-state index in [4.69, 9.17) is 4.98 Å². The molecule has 1 heterocycles. The van der Waals surface area contributed by atoms with Crippen molar-refractivity contribution in [2.75, 3.05) is 31.5 Å². The Morgan fingerprint density at radius 2 is 1.35 bits per heavy atom. The first-order valence-electron chi connectivity index (χ1n) is 10.1. The zero-order valence-electron chi connectivity index (χ0n) is 16.8. The Labute approximate surface area is 158 Å². The number of benzene rings is 2. The monoisotopic (exact) mass is 351 g/mol. The molecule has 0 unspecified atom stereocenters. The van der Waals surface area contributed by atoms with E-state index in [-0.39, 0.29) is 0 Å². The lowest BCUT2D eigenvalue weighted by molar-refractivity contribution is 0.298. The van der Waals surface area contributed by atoms with Gasteiger partial charge in [0, 0.05) is 17.3 Å². The quantitative estimate of drug-likeness (QED) is 0.401. The van der Waals surface area contributed by atoms with Gasteiger partial charge in [-0.05, 0) is 44.6 Å². The number of nitrogens with one attached hydrogen (secondary N) is 1. The molecule has 0 spiro atoms. The molecule has 0 aliphatic heterocycles. The number of nitrogens with zero attached hydrogens (tertiary/aromatic N) is 2. The third-order valence-electron chi connectivity index (χ3n) is 4.69. The maximum atomic E-state index is 4.78. The average Bonchev–Trinajstić information content (AvgIpc) is 2.71. The van der Waals surface area contributed by atoms with Gasteiger partial charge in [0.15, 0.2) is 0 Å². The molecule has 1 aromatic heterocycles. The predicted molar refractivity (Wildman–Crippen MR) is 116 cm³/mol. The molecule has 0 saturated heterocycles. The van der Waals surface area contributed by atoms with E-state index in [2.05, 4.69) is 72.6 Å². The zero-order valence-corrected chi connectivity index (χ0v) is 16.8. The van der Waals surface area contributed by atoms with Gasteiger partial charge in [-0.15, -0.1) is 0 Å². The maximum absolute atomic E-state index is 4.78. The summed E-state index contributed by atoms with van der Waals surface area (Å²) in [5.41, 5.74) is 3.34. The average molecular weight is 352 g/mol. The van der Waals surface area contributed by atoms with Crippen LogP contribution in [-0.2, 0) is 0 Å². The van der Waals surface area contributed by atoms with Crippen LogP contribution in [0.1, 0.15) is 40.5 Å². The van der Waals surface area contributed by atoms with Crippen LogP contribution in [0.4, 0.5) is 5.69 Å². The minimum Gasteiger partial charge on any atom is -0.384 e. The fourth-order valence-corrected chi connectivity index (χ4v) is 3.24. The number of pyridine rings is 1. The third kappa shape index (κ3) is 4.95. The first-order chi connectivity index (χ1) is 12.8. The number of hydrogen-bond donors (Lipinski definition) is 1. The van der Waals surface area contributed by atoms with Crippen molar-refractivity contribution < 1.29 is 0 Å². The van der Waals surface area contributed by atoms with Gasteiger partial charge in [0.25, 0.3) is 0 Å². The van der Waals surface area contributed by atoms with Crippen LogP contribution in [0.25, 0.3) is 21.8 Å². The highest BCUT2D eigenvalue weighted by Gasteiger charge is 2.08. The molecule has 3 aromatic rings. The van der Waals surface area contributed by atoms with Gasteiger partial charge in [-0.2, -0.15) is 0 Å². The summed E-state index contributed by atoms with van der Waals surface area (Å²) in [5.74, 6) is 0. The highest BCUT2D eigenvalue weighted by Crippen LogP contribution is 2.30. The van der Waals surface area contributed by atoms with Gasteiger partial charge < -0.3 is 10.2 Å². The molecule has 0 saturated carbocycles. The second-order valence-electron chi connectivity index (χ2n) is 6.18. The maximum Gasteiger partial charge on any atom is 0.0730 e. The Kier molecular flexibility index (Phi) is 8.36. The summed E-state index contributed by atoms with van der Waals surface area (Å²) in [4.78, 5) is 7.26. The number of unbranched alkanes of at least 4 members (excludes halogenated alkanes) is 1. The number of fused-ring (bicyclic) bond motifs is 2. The molecule has 0 amide bonds. The van der Waals surface area contributed by atoms with Gasteiger partial charge in [0.05, 0.1) is 16.7 Å². The Hall–Kier alpha value is -2.13. The van der Waals surface area contributed by atoms with Crippen LogP contribution in [0.15, 0.2) is 48.5 Å². The lowest BCUT2D eigenvalue weighted by Crippen LogP contribution is -2.24. The van der Waals surface area contributed by atoms with E-state index in [1.54, 1.807) is 0 Å². The van der Waals surface area contributed by atoms with Crippen molar-refractivity contribution in [3.05, 3.63) is 48.5 Å². The number of rotatable bonds is 8. The van der Waals surface area contributed by atoms with E-state index >= 15 is 0 Å². The largest absolute Gasteiger partial charge is 0.384 e. The van der Waals surface area contributed by atoms with Crippen LogP contribution in [0.3, 0.4) is 0 Å². The van der Waals surface area contributed by atoms with Crippen LogP contribution < -0.4 is 5.32 Å². The molecule has 3 rings (SSSR count). The van der Waals surface area contributed by atoms with Crippen molar-refractivity contribution in [2.24, 2.45) is 0 Å². The molecule has 3 heteroatoms. The molecule has 0 bridgehead atoms. The van der Waals surface area contributed by atoms with Crippen molar-refractivity contribution in [2.45, 2.75) is 40.5 Å². The van der Waals surface area contributed by atoms with Crippen LogP contribution in [0.5, 0.6) is 0 Å². The van der Waals surface area contributed by atoms with Crippen molar-refractivity contribution in [3.63, 3.8) is 0 Å². The molecular weight excluding hydrogens is 318 g/mol. The first kappa shape index (κ1) is 20.2. The van der Waals surface area contributed by atoms with Crippen LogP contribution in [0, 0.1) is 0 Å². The van der Waals surface area contributed by atoms with E-state index in [1.165, 1.54) is 35.8 Å². The standard InChI is InChI=1S/C21H27N3.C2H6/c1-3-24(4-2)16-10-9-15-22-21-17-11-5-7-13-19(17)23-20-14-8-6-12-18(20)21;1-2/h5-8,11-14H,3-4,9-10,15-16H2,1-2H3,(H,22,23);1-2H3. The number of para-hydroxylation sites is 2.